The summed E-state index contributed by atoms with van der Waals surface area (Å²) in [6.45, 7) is 4.48. The van der Waals surface area contributed by atoms with E-state index < -0.39 is 12.2 Å². The molecule has 0 aliphatic heterocycles. The van der Waals surface area contributed by atoms with Crippen molar-refractivity contribution < 1.29 is 19.7 Å². The van der Waals surface area contributed by atoms with Gasteiger partial charge in [-0.25, -0.2) is 0 Å². The highest BCUT2D eigenvalue weighted by atomic mass is 16.7. The molecule has 4 nitrogen and oxygen atoms in total. The lowest BCUT2D eigenvalue weighted by atomic mass is 10.3. The molecule has 2 N–H and O–H groups in total. The molecule has 0 aromatic carbocycles. The first-order valence-corrected chi connectivity index (χ1v) is 4.72. The summed E-state index contributed by atoms with van der Waals surface area (Å²) in [7, 11) is 0. The van der Waals surface area contributed by atoms with Gasteiger partial charge in [-0.3, -0.25) is 0 Å². The Morgan fingerprint density at radius 1 is 0.923 bits per heavy atom. The first-order chi connectivity index (χ1) is 6.20. The summed E-state index contributed by atoms with van der Waals surface area (Å²) in [5, 5.41) is 18.2. The van der Waals surface area contributed by atoms with Crippen molar-refractivity contribution in [3.63, 3.8) is 0 Å². The Bertz CT molecular complexity index is 95.8. The minimum Gasteiger partial charge on any atom is -0.391 e. The molecule has 0 aromatic heterocycles. The van der Waals surface area contributed by atoms with E-state index in [0.717, 1.165) is 0 Å². The van der Waals surface area contributed by atoms with Crippen LogP contribution >= 0.6 is 0 Å². The van der Waals surface area contributed by atoms with Crippen molar-refractivity contribution in [2.45, 2.75) is 38.9 Å². The second kappa shape index (κ2) is 8.44. The fraction of sp³-hybridized carbons (Fsp3) is 1.00. The van der Waals surface area contributed by atoms with Gasteiger partial charge in [-0.1, -0.05) is 13.8 Å². The van der Waals surface area contributed by atoms with Gasteiger partial charge in [0.05, 0.1) is 25.4 Å². The monoisotopic (exact) mass is 192 g/mol. The van der Waals surface area contributed by atoms with Crippen LogP contribution in [0.3, 0.4) is 0 Å². The maximum Gasteiger partial charge on any atom is 0.146 e. The lowest BCUT2D eigenvalue weighted by Crippen LogP contribution is -2.18. The van der Waals surface area contributed by atoms with Crippen molar-refractivity contribution in [2.75, 3.05) is 20.0 Å². The number of hydrogen-bond donors (Lipinski definition) is 2. The van der Waals surface area contributed by atoms with Crippen molar-refractivity contribution in [2.24, 2.45) is 0 Å². The van der Waals surface area contributed by atoms with Crippen LogP contribution in [0.4, 0.5) is 0 Å². The van der Waals surface area contributed by atoms with Crippen molar-refractivity contribution in [1.29, 1.82) is 0 Å². The van der Waals surface area contributed by atoms with E-state index in [9.17, 15) is 0 Å². The summed E-state index contributed by atoms with van der Waals surface area (Å²) in [4.78, 5) is 0. The van der Waals surface area contributed by atoms with Crippen LogP contribution in [0.15, 0.2) is 0 Å². The number of aliphatic hydroxyl groups excluding tert-OH is 2. The summed E-state index contributed by atoms with van der Waals surface area (Å²) in [6.07, 6.45) is 0.522. The van der Waals surface area contributed by atoms with E-state index in [4.69, 9.17) is 19.7 Å². The zero-order valence-electron chi connectivity index (χ0n) is 8.40. The zero-order valence-corrected chi connectivity index (χ0v) is 8.40. The van der Waals surface area contributed by atoms with Gasteiger partial charge in [0.25, 0.3) is 0 Å². The molecule has 0 spiro atoms. The van der Waals surface area contributed by atoms with E-state index in [1.54, 1.807) is 0 Å². The molecule has 13 heavy (non-hydrogen) atoms. The van der Waals surface area contributed by atoms with Gasteiger partial charge in [-0.2, -0.15) is 0 Å². The SMILES string of the molecule is CCC(O)COCOCC(O)CC. The fourth-order valence-electron chi connectivity index (χ4n) is 0.663. The van der Waals surface area contributed by atoms with Gasteiger partial charge in [0.1, 0.15) is 6.79 Å². The lowest BCUT2D eigenvalue weighted by Gasteiger charge is -2.11. The normalized spacial score (nSPS) is 15.7. The van der Waals surface area contributed by atoms with Crippen LogP contribution in [-0.2, 0) is 9.47 Å². The maximum atomic E-state index is 9.08. The molecule has 2 atom stereocenters. The number of ether oxygens (including phenoxy) is 2. The molecule has 2 unspecified atom stereocenters. The number of hydrogen-bond acceptors (Lipinski definition) is 4. The van der Waals surface area contributed by atoms with Crippen LogP contribution in [0.2, 0.25) is 0 Å². The molecule has 0 fully saturated rings. The molecule has 0 saturated heterocycles. The molecule has 0 amide bonds. The molecule has 0 heterocycles. The average Bonchev–Trinajstić information content (AvgIpc) is 2.16. The van der Waals surface area contributed by atoms with Gasteiger partial charge in [0.15, 0.2) is 0 Å². The van der Waals surface area contributed by atoms with E-state index >= 15 is 0 Å². The van der Waals surface area contributed by atoms with Crippen LogP contribution < -0.4 is 0 Å². The Hall–Kier alpha value is -0.160. The smallest absolute Gasteiger partial charge is 0.146 e. The topological polar surface area (TPSA) is 58.9 Å². The first kappa shape index (κ1) is 12.8. The number of rotatable bonds is 8. The molecular formula is C9H20O4. The Morgan fingerprint density at radius 3 is 1.62 bits per heavy atom. The predicted octanol–water partition coefficient (Wildman–Crippen LogP) is 0.519. The van der Waals surface area contributed by atoms with Crippen LogP contribution in [0, 0.1) is 0 Å². The molecule has 0 aromatic rings. The van der Waals surface area contributed by atoms with Crippen LogP contribution in [-0.4, -0.2) is 42.4 Å². The minimum atomic E-state index is -0.417. The molecule has 0 bridgehead atoms. The van der Waals surface area contributed by atoms with E-state index in [2.05, 4.69) is 0 Å². The molecule has 80 valence electrons. The Labute approximate surface area is 79.5 Å². The predicted molar refractivity (Wildman–Crippen MR) is 49.4 cm³/mol. The molecule has 0 saturated carbocycles. The van der Waals surface area contributed by atoms with Crippen molar-refractivity contribution in [3.05, 3.63) is 0 Å². The van der Waals surface area contributed by atoms with Crippen molar-refractivity contribution in [3.8, 4) is 0 Å². The average molecular weight is 192 g/mol. The van der Waals surface area contributed by atoms with Gasteiger partial charge in [0, 0.05) is 0 Å². The van der Waals surface area contributed by atoms with Gasteiger partial charge in [0.2, 0.25) is 0 Å². The first-order valence-electron chi connectivity index (χ1n) is 4.72. The summed E-state index contributed by atoms with van der Waals surface area (Å²) in [6, 6.07) is 0. The highest BCUT2D eigenvalue weighted by Gasteiger charge is 2.02. The van der Waals surface area contributed by atoms with Crippen LogP contribution in [0.5, 0.6) is 0 Å². The van der Waals surface area contributed by atoms with E-state index in [1.807, 2.05) is 13.8 Å². The van der Waals surface area contributed by atoms with Gasteiger partial charge in [-0.15, -0.1) is 0 Å². The molecule has 0 aliphatic rings. The number of aliphatic hydroxyl groups is 2. The summed E-state index contributed by atoms with van der Waals surface area (Å²) < 4.78 is 10.00. The standard InChI is InChI=1S/C9H20O4/c1-3-8(10)5-12-7-13-6-9(11)4-2/h8-11H,3-7H2,1-2H3. The maximum absolute atomic E-state index is 9.08. The lowest BCUT2D eigenvalue weighted by molar-refractivity contribution is -0.0972. The summed E-state index contributed by atoms with van der Waals surface area (Å²) in [5.41, 5.74) is 0. The molecule has 0 radical (unpaired) electrons. The Balaban J connectivity index is 3.08. The quantitative estimate of drug-likeness (QED) is 0.435. The summed E-state index contributed by atoms with van der Waals surface area (Å²) >= 11 is 0. The van der Waals surface area contributed by atoms with E-state index in [-0.39, 0.29) is 6.79 Å². The molecular weight excluding hydrogens is 172 g/mol. The second-order valence-electron chi connectivity index (χ2n) is 2.98. The fourth-order valence-corrected chi connectivity index (χ4v) is 0.663. The van der Waals surface area contributed by atoms with Crippen LogP contribution in [0.25, 0.3) is 0 Å². The highest BCUT2D eigenvalue weighted by Crippen LogP contribution is 1.93. The zero-order chi connectivity index (χ0) is 10.1. The Kier molecular flexibility index (Phi) is 8.33. The van der Waals surface area contributed by atoms with Gasteiger partial charge >= 0.3 is 0 Å². The highest BCUT2D eigenvalue weighted by molar-refractivity contribution is 4.48. The van der Waals surface area contributed by atoms with Gasteiger partial charge in [-0.05, 0) is 12.8 Å². The van der Waals surface area contributed by atoms with Crippen molar-refractivity contribution >= 4 is 0 Å². The van der Waals surface area contributed by atoms with Gasteiger partial charge < -0.3 is 19.7 Å². The van der Waals surface area contributed by atoms with Crippen molar-refractivity contribution in [1.82, 2.24) is 0 Å². The largest absolute Gasteiger partial charge is 0.391 e. The summed E-state index contributed by atoms with van der Waals surface area (Å²) in [5.74, 6) is 0. The Morgan fingerprint density at radius 2 is 1.31 bits per heavy atom. The molecule has 0 rings (SSSR count). The van der Waals surface area contributed by atoms with E-state index in [0.29, 0.717) is 26.1 Å². The third kappa shape index (κ3) is 8.18. The third-order valence-corrected chi connectivity index (χ3v) is 1.73. The molecule has 4 heteroatoms. The van der Waals surface area contributed by atoms with E-state index in [1.165, 1.54) is 0 Å². The second-order valence-corrected chi connectivity index (χ2v) is 2.98. The molecule has 0 aliphatic carbocycles. The minimum absolute atomic E-state index is 0.133. The third-order valence-electron chi connectivity index (χ3n) is 1.73. The van der Waals surface area contributed by atoms with Crippen LogP contribution in [0.1, 0.15) is 26.7 Å².